The summed E-state index contributed by atoms with van der Waals surface area (Å²) in [5.74, 6) is -1.14. The Morgan fingerprint density at radius 3 is 2.47 bits per heavy atom. The Balaban J connectivity index is 2.61. The maximum atomic E-state index is 12.8. The quantitative estimate of drug-likeness (QED) is 0.786. The van der Waals surface area contributed by atoms with E-state index in [2.05, 4.69) is 4.98 Å². The van der Waals surface area contributed by atoms with Gasteiger partial charge in [-0.3, -0.25) is 0 Å². The number of nitrogens with zero attached hydrogens (tertiary/aromatic N) is 1. The van der Waals surface area contributed by atoms with Gasteiger partial charge in [-0.2, -0.15) is 13.2 Å². The molecule has 0 amide bonds. The maximum absolute atomic E-state index is 12.8. The van der Waals surface area contributed by atoms with Crippen LogP contribution in [0.15, 0.2) is 28.8 Å². The van der Waals surface area contributed by atoms with E-state index >= 15 is 0 Å². The molecule has 3 nitrogen and oxygen atoms in total. The molecule has 2 aromatic rings. The highest BCUT2D eigenvalue weighted by atomic mass is 19.4. The third-order valence-corrected chi connectivity index (χ3v) is 2.08. The van der Waals surface area contributed by atoms with E-state index in [4.69, 9.17) is 10.2 Å². The van der Waals surface area contributed by atoms with Crippen LogP contribution in [0, 0.1) is 5.82 Å². The minimum atomic E-state index is -4.68. The number of anilines is 1. The van der Waals surface area contributed by atoms with E-state index in [1.54, 1.807) is 0 Å². The predicted octanol–water partition coefficient (Wildman–Crippen LogP) is 3.08. The number of aromatic nitrogens is 1. The lowest BCUT2D eigenvalue weighted by Gasteiger charge is -2.10. The topological polar surface area (TPSA) is 52.0 Å². The summed E-state index contributed by atoms with van der Waals surface area (Å²) >= 11 is 0. The molecule has 0 saturated heterocycles. The van der Waals surface area contributed by atoms with Gasteiger partial charge in [0.2, 0.25) is 0 Å². The molecule has 17 heavy (non-hydrogen) atoms. The Bertz CT molecular complexity index is 547. The van der Waals surface area contributed by atoms with Crippen molar-refractivity contribution in [2.75, 3.05) is 5.73 Å². The van der Waals surface area contributed by atoms with E-state index in [0.29, 0.717) is 6.07 Å². The van der Waals surface area contributed by atoms with E-state index in [1.165, 1.54) is 0 Å². The van der Waals surface area contributed by atoms with Crippen molar-refractivity contribution in [3.05, 3.63) is 35.8 Å². The van der Waals surface area contributed by atoms with Crippen LogP contribution < -0.4 is 5.73 Å². The van der Waals surface area contributed by atoms with Gasteiger partial charge in [0.25, 0.3) is 6.01 Å². The fraction of sp³-hybridized carbons (Fsp3) is 0.100. The lowest BCUT2D eigenvalue weighted by Crippen LogP contribution is -2.07. The van der Waals surface area contributed by atoms with Crippen molar-refractivity contribution < 1.29 is 22.0 Å². The van der Waals surface area contributed by atoms with Crippen molar-refractivity contribution >= 4 is 6.01 Å². The third-order valence-electron chi connectivity index (χ3n) is 2.08. The molecule has 1 heterocycles. The van der Waals surface area contributed by atoms with Gasteiger partial charge in [-0.25, -0.2) is 9.37 Å². The maximum Gasteiger partial charge on any atom is 0.417 e. The van der Waals surface area contributed by atoms with E-state index < -0.39 is 17.6 Å². The van der Waals surface area contributed by atoms with Gasteiger partial charge in [-0.15, -0.1) is 0 Å². The summed E-state index contributed by atoms with van der Waals surface area (Å²) in [4.78, 5) is 3.49. The molecule has 0 spiro atoms. The molecule has 2 N–H and O–H groups in total. The summed E-state index contributed by atoms with van der Waals surface area (Å²) in [7, 11) is 0. The van der Waals surface area contributed by atoms with E-state index in [0.717, 1.165) is 18.3 Å². The normalized spacial score (nSPS) is 11.8. The van der Waals surface area contributed by atoms with Crippen molar-refractivity contribution in [1.29, 1.82) is 0 Å². The largest absolute Gasteiger partial charge is 0.424 e. The molecule has 0 unspecified atom stereocenters. The van der Waals surface area contributed by atoms with Crippen molar-refractivity contribution in [2.45, 2.75) is 6.18 Å². The van der Waals surface area contributed by atoms with Crippen LogP contribution in [0.25, 0.3) is 11.3 Å². The van der Waals surface area contributed by atoms with Crippen molar-refractivity contribution in [1.82, 2.24) is 4.98 Å². The number of hydrogen-bond acceptors (Lipinski definition) is 3. The molecule has 0 saturated carbocycles. The summed E-state index contributed by atoms with van der Waals surface area (Å²) in [6.45, 7) is 0. The van der Waals surface area contributed by atoms with Crippen LogP contribution >= 0.6 is 0 Å². The summed E-state index contributed by atoms with van der Waals surface area (Å²) in [6.07, 6.45) is -3.63. The molecule has 7 heteroatoms. The minimum Gasteiger partial charge on any atom is -0.424 e. The molecule has 1 aromatic carbocycles. The van der Waals surface area contributed by atoms with Gasteiger partial charge < -0.3 is 10.2 Å². The summed E-state index contributed by atoms with van der Waals surface area (Å²) in [6, 6.07) is 2.02. The molecular weight excluding hydrogens is 240 g/mol. The standard InChI is InChI=1S/C10H6F4N2O/c11-5-1-2-6(7(3-5)10(12,13)14)8-4-16-9(15)17-8/h1-4H,(H2,15,16). The van der Waals surface area contributed by atoms with Crippen LogP contribution in [-0.4, -0.2) is 4.98 Å². The summed E-state index contributed by atoms with van der Waals surface area (Å²) in [5.41, 5.74) is 3.74. The summed E-state index contributed by atoms with van der Waals surface area (Å²) < 4.78 is 55.6. The molecule has 0 radical (unpaired) electrons. The molecule has 90 valence electrons. The van der Waals surface area contributed by atoms with Crippen molar-refractivity contribution in [2.24, 2.45) is 0 Å². The van der Waals surface area contributed by atoms with Crippen LogP contribution in [0.5, 0.6) is 0 Å². The number of benzene rings is 1. The van der Waals surface area contributed by atoms with Gasteiger partial charge in [0.15, 0.2) is 5.76 Å². The highest BCUT2D eigenvalue weighted by molar-refractivity contribution is 5.63. The number of nitrogen functional groups attached to an aromatic ring is 1. The van der Waals surface area contributed by atoms with Crippen LogP contribution in [0.2, 0.25) is 0 Å². The van der Waals surface area contributed by atoms with Crippen molar-refractivity contribution in [3.63, 3.8) is 0 Å². The Labute approximate surface area is 92.9 Å². The van der Waals surface area contributed by atoms with E-state index in [-0.39, 0.29) is 17.3 Å². The highest BCUT2D eigenvalue weighted by Crippen LogP contribution is 2.37. The number of oxazole rings is 1. The van der Waals surface area contributed by atoms with E-state index in [9.17, 15) is 17.6 Å². The van der Waals surface area contributed by atoms with Gasteiger partial charge in [-0.05, 0) is 18.2 Å². The number of hydrogen-bond donors (Lipinski definition) is 1. The smallest absolute Gasteiger partial charge is 0.417 e. The second-order valence-electron chi connectivity index (χ2n) is 3.25. The SMILES string of the molecule is Nc1ncc(-c2ccc(F)cc2C(F)(F)F)o1. The zero-order valence-electron chi connectivity index (χ0n) is 8.25. The zero-order valence-corrected chi connectivity index (χ0v) is 8.25. The fourth-order valence-electron chi connectivity index (χ4n) is 1.38. The van der Waals surface area contributed by atoms with Crippen molar-refractivity contribution in [3.8, 4) is 11.3 Å². The van der Waals surface area contributed by atoms with Gasteiger partial charge in [-0.1, -0.05) is 0 Å². The van der Waals surface area contributed by atoms with Crippen LogP contribution in [0.1, 0.15) is 5.56 Å². The number of rotatable bonds is 1. The molecule has 0 aliphatic rings. The van der Waals surface area contributed by atoms with E-state index in [1.807, 2.05) is 0 Å². The Morgan fingerprint density at radius 1 is 1.24 bits per heavy atom. The molecule has 2 rings (SSSR count). The molecule has 0 aliphatic carbocycles. The first-order valence-corrected chi connectivity index (χ1v) is 4.46. The first-order valence-electron chi connectivity index (χ1n) is 4.46. The lowest BCUT2D eigenvalue weighted by atomic mass is 10.1. The van der Waals surface area contributed by atoms with Gasteiger partial charge in [0, 0.05) is 5.56 Å². The monoisotopic (exact) mass is 246 g/mol. The first kappa shape index (κ1) is 11.4. The average molecular weight is 246 g/mol. The molecule has 0 fully saturated rings. The Kier molecular flexibility index (Phi) is 2.53. The van der Waals surface area contributed by atoms with Gasteiger partial charge in [0.05, 0.1) is 11.8 Å². The third kappa shape index (κ3) is 2.22. The van der Waals surface area contributed by atoms with Crippen LogP contribution in [0.3, 0.4) is 0 Å². The van der Waals surface area contributed by atoms with Gasteiger partial charge >= 0.3 is 6.18 Å². The average Bonchev–Trinajstić information content (AvgIpc) is 2.63. The molecule has 0 atom stereocenters. The molecular formula is C10H6F4N2O. The predicted molar refractivity (Wildman–Crippen MR) is 51.3 cm³/mol. The summed E-state index contributed by atoms with van der Waals surface area (Å²) in [5, 5.41) is 0. The van der Waals surface area contributed by atoms with Crippen LogP contribution in [-0.2, 0) is 6.18 Å². The number of nitrogens with two attached hydrogens (primary N) is 1. The highest BCUT2D eigenvalue weighted by Gasteiger charge is 2.35. The lowest BCUT2D eigenvalue weighted by molar-refractivity contribution is -0.137. The Morgan fingerprint density at radius 2 is 1.94 bits per heavy atom. The second-order valence-corrected chi connectivity index (χ2v) is 3.25. The second kappa shape index (κ2) is 3.76. The fourth-order valence-corrected chi connectivity index (χ4v) is 1.38. The van der Waals surface area contributed by atoms with Crippen LogP contribution in [0.4, 0.5) is 23.6 Å². The molecule has 0 bridgehead atoms. The molecule has 0 aliphatic heterocycles. The minimum absolute atomic E-state index is 0.158. The number of halogens is 4. The van der Waals surface area contributed by atoms with Gasteiger partial charge in [0.1, 0.15) is 5.82 Å². The molecule has 1 aromatic heterocycles. The Hall–Kier alpha value is -2.05. The zero-order chi connectivity index (χ0) is 12.6. The first-order chi connectivity index (χ1) is 7.88. The number of alkyl halides is 3.